The van der Waals surface area contributed by atoms with Crippen LogP contribution in [-0.4, -0.2) is 57.7 Å². The highest BCUT2D eigenvalue weighted by Gasteiger charge is 2.25. The molecule has 0 bridgehead atoms. The van der Waals surface area contributed by atoms with Crippen molar-refractivity contribution in [3.8, 4) is 0 Å². The average molecular weight is 342 g/mol. The predicted octanol–water partition coefficient (Wildman–Crippen LogP) is 0.677. The van der Waals surface area contributed by atoms with Crippen molar-refractivity contribution in [1.29, 1.82) is 0 Å². The first kappa shape index (κ1) is 16.9. The molecular formula is C17H22N6O2. The van der Waals surface area contributed by atoms with Gasteiger partial charge in [0.05, 0.1) is 11.6 Å². The van der Waals surface area contributed by atoms with Crippen LogP contribution in [0.25, 0.3) is 0 Å². The van der Waals surface area contributed by atoms with Gasteiger partial charge in [0.2, 0.25) is 5.91 Å². The molecule has 2 aromatic heterocycles. The smallest absolute Gasteiger partial charge is 0.252 e. The monoisotopic (exact) mass is 342 g/mol. The van der Waals surface area contributed by atoms with Crippen molar-refractivity contribution in [2.75, 3.05) is 31.1 Å². The Labute approximate surface area is 146 Å². The topological polar surface area (TPSA) is 97.4 Å². The van der Waals surface area contributed by atoms with Gasteiger partial charge in [0.1, 0.15) is 5.82 Å². The van der Waals surface area contributed by atoms with Gasteiger partial charge in [-0.15, -0.1) is 0 Å². The maximum atomic E-state index is 12.5. The lowest BCUT2D eigenvalue weighted by Gasteiger charge is -2.36. The number of anilines is 1. The Morgan fingerprint density at radius 1 is 1.20 bits per heavy atom. The molecule has 2 N–H and O–H groups in total. The molecule has 3 rings (SSSR count). The largest absolute Gasteiger partial charge is 0.365 e. The third-order valence-corrected chi connectivity index (χ3v) is 4.43. The summed E-state index contributed by atoms with van der Waals surface area (Å²) in [6, 6.07) is 5.24. The number of primary amides is 1. The summed E-state index contributed by atoms with van der Waals surface area (Å²) in [5.74, 6) is 0.209. The van der Waals surface area contributed by atoms with Gasteiger partial charge >= 0.3 is 0 Å². The third-order valence-electron chi connectivity index (χ3n) is 4.43. The number of nitrogens with zero attached hydrogens (tertiary/aromatic N) is 5. The lowest BCUT2D eigenvalue weighted by atomic mass is 10.2. The van der Waals surface area contributed by atoms with Gasteiger partial charge < -0.3 is 15.5 Å². The number of carbonyl (C=O) groups is 2. The van der Waals surface area contributed by atoms with Gasteiger partial charge in [-0.1, -0.05) is 0 Å². The van der Waals surface area contributed by atoms with E-state index in [1.165, 1.54) is 0 Å². The standard InChI is InChI=1S/C17H22N6O2/c1-13(23-7-3-6-20-23)12-15(24)21-8-10-22(11-9-21)17-14(16(18)25)4-2-5-19-17/h2-7,13H,8-12H2,1H3,(H2,18,25)/t13-/m0/s1. The van der Waals surface area contributed by atoms with Crippen LogP contribution < -0.4 is 10.6 Å². The molecule has 2 amide bonds. The van der Waals surface area contributed by atoms with Crippen LogP contribution in [0.3, 0.4) is 0 Å². The van der Waals surface area contributed by atoms with E-state index < -0.39 is 5.91 Å². The number of hydrogen-bond acceptors (Lipinski definition) is 5. The van der Waals surface area contributed by atoms with Gasteiger partial charge in [-0.05, 0) is 25.1 Å². The molecule has 1 aliphatic heterocycles. The Balaban J connectivity index is 1.59. The van der Waals surface area contributed by atoms with E-state index >= 15 is 0 Å². The molecule has 0 spiro atoms. The van der Waals surface area contributed by atoms with E-state index in [0.717, 1.165) is 0 Å². The number of rotatable bonds is 5. The zero-order valence-corrected chi connectivity index (χ0v) is 14.2. The molecule has 25 heavy (non-hydrogen) atoms. The van der Waals surface area contributed by atoms with Gasteiger partial charge in [-0.3, -0.25) is 14.3 Å². The maximum absolute atomic E-state index is 12.5. The summed E-state index contributed by atoms with van der Waals surface area (Å²) in [4.78, 5) is 32.2. The fraction of sp³-hybridized carbons (Fsp3) is 0.412. The Morgan fingerprint density at radius 3 is 2.60 bits per heavy atom. The first-order chi connectivity index (χ1) is 12.1. The van der Waals surface area contributed by atoms with Crippen molar-refractivity contribution in [3.05, 3.63) is 42.4 Å². The molecule has 0 aromatic carbocycles. The molecule has 8 nitrogen and oxygen atoms in total. The third kappa shape index (κ3) is 3.78. The fourth-order valence-corrected chi connectivity index (χ4v) is 3.03. The van der Waals surface area contributed by atoms with Crippen molar-refractivity contribution in [3.63, 3.8) is 0 Å². The number of piperazine rings is 1. The van der Waals surface area contributed by atoms with Gasteiger partial charge in [0.25, 0.3) is 5.91 Å². The molecular weight excluding hydrogens is 320 g/mol. The number of pyridine rings is 1. The quantitative estimate of drug-likeness (QED) is 0.861. The first-order valence-corrected chi connectivity index (χ1v) is 8.33. The summed E-state index contributed by atoms with van der Waals surface area (Å²) in [7, 11) is 0. The molecule has 132 valence electrons. The van der Waals surface area contributed by atoms with Crippen LogP contribution in [0.4, 0.5) is 5.82 Å². The SMILES string of the molecule is C[C@@H](CC(=O)N1CCN(c2ncccc2C(N)=O)CC1)n1cccn1. The van der Waals surface area contributed by atoms with E-state index in [-0.39, 0.29) is 11.9 Å². The molecule has 3 heterocycles. The van der Waals surface area contributed by atoms with E-state index in [2.05, 4.69) is 10.1 Å². The molecule has 2 aromatic rings. The van der Waals surface area contributed by atoms with Crippen LogP contribution >= 0.6 is 0 Å². The van der Waals surface area contributed by atoms with Crippen molar-refractivity contribution >= 4 is 17.6 Å². The second kappa shape index (κ2) is 7.33. The van der Waals surface area contributed by atoms with Gasteiger partial charge in [-0.2, -0.15) is 5.10 Å². The molecule has 0 saturated carbocycles. The lowest BCUT2D eigenvalue weighted by Crippen LogP contribution is -2.49. The minimum Gasteiger partial charge on any atom is -0.365 e. The van der Waals surface area contributed by atoms with E-state index in [4.69, 9.17) is 5.73 Å². The van der Waals surface area contributed by atoms with Crippen LogP contribution in [0.5, 0.6) is 0 Å². The van der Waals surface area contributed by atoms with Crippen LogP contribution in [-0.2, 0) is 4.79 Å². The summed E-state index contributed by atoms with van der Waals surface area (Å²) in [5, 5.41) is 4.18. The summed E-state index contributed by atoms with van der Waals surface area (Å²) < 4.78 is 1.79. The second-order valence-corrected chi connectivity index (χ2v) is 6.15. The van der Waals surface area contributed by atoms with Gasteiger partial charge in [0.15, 0.2) is 0 Å². The summed E-state index contributed by atoms with van der Waals surface area (Å²) in [6.45, 7) is 4.42. The number of nitrogens with two attached hydrogens (primary N) is 1. The molecule has 8 heteroatoms. The van der Waals surface area contributed by atoms with Crippen LogP contribution in [0.2, 0.25) is 0 Å². The van der Waals surface area contributed by atoms with Gasteiger partial charge in [-0.25, -0.2) is 4.98 Å². The zero-order valence-electron chi connectivity index (χ0n) is 14.2. The van der Waals surface area contributed by atoms with Crippen LogP contribution in [0.15, 0.2) is 36.8 Å². The zero-order chi connectivity index (χ0) is 17.8. The molecule has 1 saturated heterocycles. The van der Waals surface area contributed by atoms with Gasteiger partial charge in [0, 0.05) is 51.2 Å². The maximum Gasteiger partial charge on any atom is 0.252 e. The highest BCUT2D eigenvalue weighted by Crippen LogP contribution is 2.19. The molecule has 1 fully saturated rings. The Hall–Kier alpha value is -2.90. The van der Waals surface area contributed by atoms with Crippen LogP contribution in [0, 0.1) is 0 Å². The number of hydrogen-bond donors (Lipinski definition) is 1. The summed E-state index contributed by atoms with van der Waals surface area (Å²) >= 11 is 0. The van der Waals surface area contributed by atoms with Crippen LogP contribution in [0.1, 0.15) is 29.7 Å². The normalized spacial score (nSPS) is 15.9. The number of carbonyl (C=O) groups excluding carboxylic acids is 2. The minimum absolute atomic E-state index is 0.0257. The van der Waals surface area contributed by atoms with E-state index in [9.17, 15) is 9.59 Å². The summed E-state index contributed by atoms with van der Waals surface area (Å²) in [6.07, 6.45) is 5.63. The second-order valence-electron chi connectivity index (χ2n) is 6.15. The van der Waals surface area contributed by atoms with Crippen molar-refractivity contribution < 1.29 is 9.59 Å². The molecule has 0 aliphatic carbocycles. The number of amides is 2. The molecule has 0 unspecified atom stereocenters. The average Bonchev–Trinajstić information content (AvgIpc) is 3.16. The van der Waals surface area contributed by atoms with E-state index in [1.54, 1.807) is 29.2 Å². The van der Waals surface area contributed by atoms with Crippen molar-refractivity contribution in [2.45, 2.75) is 19.4 Å². The predicted molar refractivity (Wildman–Crippen MR) is 93.1 cm³/mol. The number of aromatic nitrogens is 3. The summed E-state index contributed by atoms with van der Waals surface area (Å²) in [5.41, 5.74) is 5.83. The molecule has 1 aliphatic rings. The lowest BCUT2D eigenvalue weighted by molar-refractivity contribution is -0.132. The van der Waals surface area contributed by atoms with E-state index in [0.29, 0.717) is 44.0 Å². The molecule has 0 radical (unpaired) electrons. The minimum atomic E-state index is -0.491. The van der Waals surface area contributed by atoms with E-state index in [1.807, 2.05) is 29.0 Å². The molecule has 1 atom stereocenters. The fourth-order valence-electron chi connectivity index (χ4n) is 3.03. The Kier molecular flexibility index (Phi) is 4.97. The van der Waals surface area contributed by atoms with Crippen molar-refractivity contribution in [2.24, 2.45) is 5.73 Å². The highest BCUT2D eigenvalue weighted by atomic mass is 16.2. The Morgan fingerprint density at radius 2 is 1.96 bits per heavy atom. The van der Waals surface area contributed by atoms with Crippen molar-refractivity contribution in [1.82, 2.24) is 19.7 Å². The highest BCUT2D eigenvalue weighted by molar-refractivity contribution is 5.97. The first-order valence-electron chi connectivity index (χ1n) is 8.33. The Bertz CT molecular complexity index is 737.